The van der Waals surface area contributed by atoms with E-state index in [2.05, 4.69) is 17.5 Å². The molecule has 0 fully saturated rings. The van der Waals surface area contributed by atoms with Crippen LogP contribution in [-0.2, 0) is 10.9 Å². The molecule has 0 unspecified atom stereocenters. The largest absolute Gasteiger partial charge is 0.321 e. The summed E-state index contributed by atoms with van der Waals surface area (Å²) >= 11 is 5.68. The summed E-state index contributed by atoms with van der Waals surface area (Å²) < 4.78 is 0. The maximum absolute atomic E-state index is 5.68. The summed E-state index contributed by atoms with van der Waals surface area (Å²) in [4.78, 5) is 3.09. The Bertz CT molecular complexity index is 195. The van der Waals surface area contributed by atoms with Gasteiger partial charge in [-0.15, -0.1) is 0 Å². The molecule has 50 valence electrons. The molecule has 0 aliphatic heterocycles. The fourth-order valence-electron chi connectivity index (χ4n) is 0.584. The van der Waals surface area contributed by atoms with Crippen LogP contribution in [-0.4, -0.2) is 17.5 Å². The third-order valence-electron chi connectivity index (χ3n) is 1.06. The summed E-state index contributed by atoms with van der Waals surface area (Å²) in [6.45, 7) is 0. The Morgan fingerprint density at radius 3 is 2.44 bits per heavy atom. The highest BCUT2D eigenvalue weighted by Crippen LogP contribution is 2.13. The normalized spacial score (nSPS) is 10.7. The molecule has 1 aromatic rings. The average Bonchev–Trinajstić information content (AvgIpc) is 2.14. The van der Waals surface area contributed by atoms with Crippen molar-refractivity contribution in [3.63, 3.8) is 0 Å². The van der Waals surface area contributed by atoms with Crippen molar-refractivity contribution in [2.24, 2.45) is 0 Å². The van der Waals surface area contributed by atoms with Crippen LogP contribution in [0, 0.1) is 0 Å². The summed E-state index contributed by atoms with van der Waals surface area (Å²) in [5.41, 5.74) is 0. The molecule has 0 aliphatic rings. The zero-order valence-corrected chi connectivity index (χ0v) is 7.01. The predicted molar refractivity (Wildman–Crippen MR) is 43.3 cm³/mol. The van der Waals surface area contributed by atoms with Crippen molar-refractivity contribution in [2.45, 2.75) is 5.03 Å². The number of aromatic nitrogens is 1. The second-order valence-corrected chi connectivity index (χ2v) is 4.51. The monoisotopic (exact) mass is 162 g/mol. The minimum absolute atomic E-state index is 0.302. The van der Waals surface area contributed by atoms with Gasteiger partial charge in [0.1, 0.15) is 12.5 Å². The molecule has 0 saturated carbocycles. The Kier molecular flexibility index (Phi) is 2.09. The van der Waals surface area contributed by atoms with Crippen molar-refractivity contribution in [3.8, 4) is 0 Å². The first-order valence-corrected chi connectivity index (χ1v) is 5.03. The molecule has 3 heteroatoms. The third kappa shape index (κ3) is 1.66. The molecule has 1 N–H and O–H groups in total. The lowest BCUT2D eigenvalue weighted by molar-refractivity contribution is 1.20. The Labute approximate surface area is 62.8 Å². The molecule has 0 radical (unpaired) electrons. The van der Waals surface area contributed by atoms with Gasteiger partial charge >= 0.3 is 0 Å². The minimum Gasteiger partial charge on any atom is -0.321 e. The van der Waals surface area contributed by atoms with E-state index in [-0.39, 0.29) is 0 Å². The van der Waals surface area contributed by atoms with E-state index >= 15 is 0 Å². The molecule has 1 rings (SSSR count). The maximum atomic E-state index is 5.68. The van der Waals surface area contributed by atoms with Gasteiger partial charge in [-0.25, -0.2) is 0 Å². The number of aromatic amines is 1. The van der Waals surface area contributed by atoms with Gasteiger partial charge in [0, 0.05) is 23.2 Å². The standard InChI is InChI=1S/C6H9ClNS/c1-9(2)6-3-5(7)4-8-6/h3-4,8H,1-2H3/q+1. The average molecular weight is 163 g/mol. The van der Waals surface area contributed by atoms with Gasteiger partial charge in [0.2, 0.25) is 5.03 Å². The van der Waals surface area contributed by atoms with Crippen molar-refractivity contribution in [1.29, 1.82) is 0 Å². The van der Waals surface area contributed by atoms with Gasteiger partial charge in [0.15, 0.2) is 0 Å². The highest BCUT2D eigenvalue weighted by molar-refractivity contribution is 7.95. The van der Waals surface area contributed by atoms with Crippen molar-refractivity contribution in [2.75, 3.05) is 12.5 Å². The van der Waals surface area contributed by atoms with Crippen LogP contribution in [0.4, 0.5) is 0 Å². The number of hydrogen-bond donors (Lipinski definition) is 1. The van der Waals surface area contributed by atoms with Crippen molar-refractivity contribution < 1.29 is 0 Å². The number of rotatable bonds is 1. The molecule has 1 nitrogen and oxygen atoms in total. The number of nitrogens with one attached hydrogen (secondary N) is 1. The van der Waals surface area contributed by atoms with Crippen LogP contribution < -0.4 is 0 Å². The van der Waals surface area contributed by atoms with Crippen LogP contribution in [0.25, 0.3) is 0 Å². The van der Waals surface area contributed by atoms with Crippen LogP contribution in [0.2, 0.25) is 5.02 Å². The molecule has 0 spiro atoms. The number of halogens is 1. The van der Waals surface area contributed by atoms with Gasteiger partial charge in [0.25, 0.3) is 0 Å². The third-order valence-corrected chi connectivity index (χ3v) is 2.39. The van der Waals surface area contributed by atoms with Gasteiger partial charge in [-0.1, -0.05) is 11.6 Å². The van der Waals surface area contributed by atoms with Crippen molar-refractivity contribution >= 4 is 22.5 Å². The fourth-order valence-corrected chi connectivity index (χ4v) is 1.47. The van der Waals surface area contributed by atoms with E-state index in [1.54, 1.807) is 0 Å². The van der Waals surface area contributed by atoms with Crippen LogP contribution in [0.3, 0.4) is 0 Å². The second kappa shape index (κ2) is 2.67. The van der Waals surface area contributed by atoms with Gasteiger partial charge < -0.3 is 4.98 Å². The predicted octanol–water partition coefficient (Wildman–Crippen LogP) is 1.90. The summed E-state index contributed by atoms with van der Waals surface area (Å²) in [5.74, 6) is 0. The van der Waals surface area contributed by atoms with E-state index in [0.29, 0.717) is 10.9 Å². The molecule has 9 heavy (non-hydrogen) atoms. The van der Waals surface area contributed by atoms with Crippen LogP contribution >= 0.6 is 11.6 Å². The van der Waals surface area contributed by atoms with Crippen LogP contribution in [0.15, 0.2) is 17.3 Å². The zero-order chi connectivity index (χ0) is 6.85. The number of H-pyrrole nitrogens is 1. The first-order valence-electron chi connectivity index (χ1n) is 2.61. The van der Waals surface area contributed by atoms with Gasteiger partial charge in [-0.3, -0.25) is 0 Å². The highest BCUT2D eigenvalue weighted by atomic mass is 35.5. The Morgan fingerprint density at radius 1 is 1.56 bits per heavy atom. The van der Waals surface area contributed by atoms with Crippen LogP contribution in [0.1, 0.15) is 0 Å². The molecule has 0 bridgehead atoms. The smallest absolute Gasteiger partial charge is 0.225 e. The molecular weight excluding hydrogens is 154 g/mol. The van der Waals surface area contributed by atoms with E-state index in [1.807, 2.05) is 12.3 Å². The first-order chi connectivity index (χ1) is 4.20. The first kappa shape index (κ1) is 7.03. The van der Waals surface area contributed by atoms with Gasteiger partial charge in [-0.2, -0.15) is 0 Å². The Balaban J connectivity index is 2.85. The molecule has 0 aliphatic carbocycles. The second-order valence-electron chi connectivity index (χ2n) is 2.00. The lowest BCUT2D eigenvalue weighted by Crippen LogP contribution is -1.94. The molecule has 0 atom stereocenters. The molecule has 1 aromatic heterocycles. The topological polar surface area (TPSA) is 15.8 Å². The van der Waals surface area contributed by atoms with Crippen LogP contribution in [0.5, 0.6) is 0 Å². The maximum Gasteiger partial charge on any atom is 0.225 e. The minimum atomic E-state index is 0.302. The summed E-state index contributed by atoms with van der Waals surface area (Å²) in [6, 6.07) is 1.96. The quantitative estimate of drug-likeness (QED) is 0.608. The fraction of sp³-hybridized carbons (Fsp3) is 0.333. The summed E-state index contributed by atoms with van der Waals surface area (Å²) in [7, 11) is 0.302. The molecule has 0 aromatic carbocycles. The van der Waals surface area contributed by atoms with E-state index in [0.717, 1.165) is 5.02 Å². The summed E-state index contributed by atoms with van der Waals surface area (Å²) in [5, 5.41) is 2.02. The summed E-state index contributed by atoms with van der Waals surface area (Å²) in [6.07, 6.45) is 6.12. The highest BCUT2D eigenvalue weighted by Gasteiger charge is 2.08. The lowest BCUT2D eigenvalue weighted by Gasteiger charge is -1.86. The van der Waals surface area contributed by atoms with Gasteiger partial charge in [-0.05, 0) is 0 Å². The van der Waals surface area contributed by atoms with E-state index in [1.165, 1.54) is 5.03 Å². The van der Waals surface area contributed by atoms with Gasteiger partial charge in [0.05, 0.1) is 5.02 Å². The molecule has 1 heterocycles. The Hall–Kier alpha value is -0.0800. The van der Waals surface area contributed by atoms with E-state index in [4.69, 9.17) is 11.6 Å². The SMILES string of the molecule is C[S+](C)c1cc(Cl)c[nH]1. The van der Waals surface area contributed by atoms with Crippen molar-refractivity contribution in [3.05, 3.63) is 17.3 Å². The number of hydrogen-bond acceptors (Lipinski definition) is 0. The Morgan fingerprint density at radius 2 is 2.22 bits per heavy atom. The zero-order valence-electron chi connectivity index (χ0n) is 5.44. The van der Waals surface area contributed by atoms with E-state index in [9.17, 15) is 0 Å². The molecule has 0 amide bonds. The van der Waals surface area contributed by atoms with Crippen molar-refractivity contribution in [1.82, 2.24) is 4.98 Å². The van der Waals surface area contributed by atoms with E-state index < -0.39 is 0 Å². The molecule has 0 saturated heterocycles. The lowest BCUT2D eigenvalue weighted by atomic mass is 10.7. The molecular formula is C6H9ClNS+.